The van der Waals surface area contributed by atoms with E-state index in [2.05, 4.69) is 9.97 Å². The molecule has 2 aromatic rings. The third-order valence-corrected chi connectivity index (χ3v) is 2.13. The lowest BCUT2D eigenvalue weighted by molar-refractivity contribution is 0.581. The standard InChI is InChI=1S/C10H6ClFN2/c11-8-9(13-6-14-10(8)12)7-4-2-1-3-5-7/h1-6H. The molecule has 0 unspecified atom stereocenters. The Bertz CT molecular complexity index is 445. The number of hydrogen-bond donors (Lipinski definition) is 0. The van der Waals surface area contributed by atoms with Crippen molar-refractivity contribution in [2.24, 2.45) is 0 Å². The molecule has 0 saturated carbocycles. The maximum atomic E-state index is 13.0. The topological polar surface area (TPSA) is 25.8 Å². The lowest BCUT2D eigenvalue weighted by Crippen LogP contribution is -1.91. The van der Waals surface area contributed by atoms with Gasteiger partial charge in [0.1, 0.15) is 11.3 Å². The predicted octanol–water partition coefficient (Wildman–Crippen LogP) is 2.94. The molecular formula is C10H6ClFN2. The summed E-state index contributed by atoms with van der Waals surface area (Å²) in [5.74, 6) is -0.694. The molecule has 2 rings (SSSR count). The quantitative estimate of drug-likeness (QED) is 0.674. The van der Waals surface area contributed by atoms with E-state index in [1.54, 1.807) is 0 Å². The summed E-state index contributed by atoms with van der Waals surface area (Å²) in [6.45, 7) is 0. The van der Waals surface area contributed by atoms with Crippen LogP contribution in [0.25, 0.3) is 11.3 Å². The van der Waals surface area contributed by atoms with Gasteiger partial charge in [-0.25, -0.2) is 9.97 Å². The van der Waals surface area contributed by atoms with E-state index in [0.717, 1.165) is 11.9 Å². The maximum Gasteiger partial charge on any atom is 0.235 e. The van der Waals surface area contributed by atoms with Crippen LogP contribution in [0.4, 0.5) is 4.39 Å². The SMILES string of the molecule is Fc1ncnc(-c2ccccc2)c1Cl. The third kappa shape index (κ3) is 1.59. The Morgan fingerprint density at radius 2 is 1.79 bits per heavy atom. The van der Waals surface area contributed by atoms with E-state index in [1.165, 1.54) is 0 Å². The minimum atomic E-state index is -0.694. The third-order valence-electron chi connectivity index (χ3n) is 1.79. The normalized spacial score (nSPS) is 10.1. The van der Waals surface area contributed by atoms with E-state index >= 15 is 0 Å². The molecule has 1 heterocycles. The summed E-state index contributed by atoms with van der Waals surface area (Å²) in [7, 11) is 0. The molecule has 70 valence electrons. The van der Waals surface area contributed by atoms with Crippen LogP contribution in [0.1, 0.15) is 0 Å². The molecule has 14 heavy (non-hydrogen) atoms. The van der Waals surface area contributed by atoms with Crippen LogP contribution < -0.4 is 0 Å². The molecule has 1 aromatic heterocycles. The van der Waals surface area contributed by atoms with Crippen molar-refractivity contribution in [2.45, 2.75) is 0 Å². The Kier molecular flexibility index (Phi) is 2.41. The molecule has 0 aliphatic heterocycles. The molecule has 0 amide bonds. The zero-order valence-corrected chi connectivity index (χ0v) is 7.87. The number of rotatable bonds is 1. The number of benzene rings is 1. The fraction of sp³-hybridized carbons (Fsp3) is 0. The summed E-state index contributed by atoms with van der Waals surface area (Å²) >= 11 is 5.73. The monoisotopic (exact) mass is 208 g/mol. The highest BCUT2D eigenvalue weighted by Crippen LogP contribution is 2.25. The first kappa shape index (κ1) is 9.09. The van der Waals surface area contributed by atoms with Gasteiger partial charge in [0.25, 0.3) is 0 Å². The highest BCUT2D eigenvalue weighted by Gasteiger charge is 2.09. The van der Waals surface area contributed by atoms with Crippen LogP contribution >= 0.6 is 11.6 Å². The van der Waals surface area contributed by atoms with Crippen molar-refractivity contribution in [3.8, 4) is 11.3 Å². The van der Waals surface area contributed by atoms with Gasteiger partial charge in [0.05, 0.1) is 5.69 Å². The fourth-order valence-corrected chi connectivity index (χ4v) is 1.35. The van der Waals surface area contributed by atoms with Crippen molar-refractivity contribution in [3.05, 3.63) is 47.6 Å². The molecule has 0 fully saturated rings. The van der Waals surface area contributed by atoms with Gasteiger partial charge in [0.2, 0.25) is 5.95 Å². The van der Waals surface area contributed by atoms with Crippen LogP contribution in [-0.4, -0.2) is 9.97 Å². The van der Waals surface area contributed by atoms with Crippen LogP contribution in [0, 0.1) is 5.95 Å². The molecule has 0 bridgehead atoms. The summed E-state index contributed by atoms with van der Waals surface area (Å²) in [5.41, 5.74) is 1.19. The van der Waals surface area contributed by atoms with E-state index in [4.69, 9.17) is 11.6 Å². The summed E-state index contributed by atoms with van der Waals surface area (Å²) in [4.78, 5) is 7.28. The van der Waals surface area contributed by atoms with Crippen molar-refractivity contribution in [1.29, 1.82) is 0 Å². The number of hydrogen-bond acceptors (Lipinski definition) is 2. The van der Waals surface area contributed by atoms with Crippen LogP contribution in [-0.2, 0) is 0 Å². The maximum absolute atomic E-state index is 13.0. The molecule has 0 N–H and O–H groups in total. The van der Waals surface area contributed by atoms with Crippen LogP contribution in [0.15, 0.2) is 36.7 Å². The van der Waals surface area contributed by atoms with Crippen molar-refractivity contribution in [3.63, 3.8) is 0 Å². The van der Waals surface area contributed by atoms with Gasteiger partial charge in [-0.05, 0) is 0 Å². The number of halogens is 2. The van der Waals surface area contributed by atoms with Gasteiger partial charge in [-0.2, -0.15) is 4.39 Å². The minimum Gasteiger partial charge on any atom is -0.235 e. The second kappa shape index (κ2) is 3.72. The number of aromatic nitrogens is 2. The van der Waals surface area contributed by atoms with E-state index < -0.39 is 5.95 Å². The van der Waals surface area contributed by atoms with Crippen LogP contribution in [0.3, 0.4) is 0 Å². The van der Waals surface area contributed by atoms with Crippen LogP contribution in [0.2, 0.25) is 5.02 Å². The summed E-state index contributed by atoms with van der Waals surface area (Å²) in [6.07, 6.45) is 1.16. The Labute approximate surface area is 85.4 Å². The highest BCUT2D eigenvalue weighted by molar-refractivity contribution is 6.33. The van der Waals surface area contributed by atoms with Gasteiger partial charge >= 0.3 is 0 Å². The number of nitrogens with zero attached hydrogens (tertiary/aromatic N) is 2. The molecular weight excluding hydrogens is 203 g/mol. The molecule has 4 heteroatoms. The van der Waals surface area contributed by atoms with Crippen LogP contribution in [0.5, 0.6) is 0 Å². The summed E-state index contributed by atoms with van der Waals surface area (Å²) < 4.78 is 13.0. The average molecular weight is 209 g/mol. The molecule has 0 atom stereocenters. The molecule has 0 aliphatic carbocycles. The Morgan fingerprint density at radius 3 is 2.50 bits per heavy atom. The summed E-state index contributed by atoms with van der Waals surface area (Å²) in [5, 5.41) is -0.0429. The smallest absolute Gasteiger partial charge is 0.235 e. The van der Waals surface area contributed by atoms with Gasteiger partial charge in [-0.15, -0.1) is 0 Å². The first-order chi connectivity index (χ1) is 6.79. The zero-order valence-electron chi connectivity index (χ0n) is 7.11. The largest absolute Gasteiger partial charge is 0.235 e. The second-order valence-corrected chi connectivity index (χ2v) is 3.07. The van der Waals surface area contributed by atoms with Crippen molar-refractivity contribution >= 4 is 11.6 Å². The molecule has 0 radical (unpaired) electrons. The Balaban J connectivity index is 2.58. The molecule has 1 aromatic carbocycles. The second-order valence-electron chi connectivity index (χ2n) is 2.69. The molecule has 2 nitrogen and oxygen atoms in total. The highest BCUT2D eigenvalue weighted by atomic mass is 35.5. The zero-order chi connectivity index (χ0) is 9.97. The van der Waals surface area contributed by atoms with E-state index in [9.17, 15) is 4.39 Å². The van der Waals surface area contributed by atoms with Gasteiger partial charge in [-0.1, -0.05) is 41.9 Å². The van der Waals surface area contributed by atoms with Gasteiger partial charge in [-0.3, -0.25) is 0 Å². The van der Waals surface area contributed by atoms with Crippen molar-refractivity contribution in [2.75, 3.05) is 0 Å². The molecule has 0 saturated heterocycles. The first-order valence-electron chi connectivity index (χ1n) is 4.00. The van der Waals surface area contributed by atoms with Gasteiger partial charge in [0.15, 0.2) is 0 Å². The predicted molar refractivity (Wildman–Crippen MR) is 52.4 cm³/mol. The lowest BCUT2D eigenvalue weighted by atomic mass is 10.1. The van der Waals surface area contributed by atoms with Crippen molar-refractivity contribution in [1.82, 2.24) is 9.97 Å². The Hall–Kier alpha value is -1.48. The Morgan fingerprint density at radius 1 is 1.07 bits per heavy atom. The molecule has 0 spiro atoms. The average Bonchev–Trinajstić information content (AvgIpc) is 2.23. The lowest BCUT2D eigenvalue weighted by Gasteiger charge is -2.02. The minimum absolute atomic E-state index is 0.0429. The molecule has 0 aliphatic rings. The van der Waals surface area contributed by atoms with Gasteiger partial charge in [0, 0.05) is 5.56 Å². The van der Waals surface area contributed by atoms with E-state index in [0.29, 0.717) is 5.69 Å². The van der Waals surface area contributed by atoms with Crippen molar-refractivity contribution < 1.29 is 4.39 Å². The van der Waals surface area contributed by atoms with E-state index in [1.807, 2.05) is 30.3 Å². The summed E-state index contributed by atoms with van der Waals surface area (Å²) in [6, 6.07) is 9.17. The fourth-order valence-electron chi connectivity index (χ4n) is 1.15. The van der Waals surface area contributed by atoms with E-state index in [-0.39, 0.29) is 5.02 Å². The van der Waals surface area contributed by atoms with Gasteiger partial charge < -0.3 is 0 Å². The first-order valence-corrected chi connectivity index (χ1v) is 4.38.